The van der Waals surface area contributed by atoms with E-state index in [9.17, 15) is 4.79 Å². The predicted molar refractivity (Wildman–Crippen MR) is 129 cm³/mol. The van der Waals surface area contributed by atoms with Crippen molar-refractivity contribution in [1.82, 2.24) is 20.2 Å². The molecule has 32 heavy (non-hydrogen) atoms. The number of rotatable bonds is 5. The second-order valence-electron chi connectivity index (χ2n) is 8.95. The third-order valence-corrected chi connectivity index (χ3v) is 6.22. The first-order valence-electron chi connectivity index (χ1n) is 11.3. The van der Waals surface area contributed by atoms with Crippen LogP contribution in [0.4, 0.5) is 0 Å². The number of fused-ring (bicyclic) bond motifs is 2. The van der Waals surface area contributed by atoms with Crippen LogP contribution >= 0.6 is 0 Å². The maximum Gasteiger partial charge on any atom is 0.252 e. The highest BCUT2D eigenvalue weighted by Crippen LogP contribution is 2.31. The topological polar surface area (TPSA) is 58.1 Å². The molecule has 1 aliphatic heterocycles. The minimum absolute atomic E-state index is 0.0297. The predicted octanol–water partition coefficient (Wildman–Crippen LogP) is 4.91. The molecule has 0 bridgehead atoms. The fraction of sp³-hybridized carbons (Fsp3) is 0.296. The molecule has 1 aliphatic rings. The summed E-state index contributed by atoms with van der Waals surface area (Å²) in [6.45, 7) is 6.82. The number of aromatic nitrogens is 2. The van der Waals surface area contributed by atoms with E-state index in [-0.39, 0.29) is 11.9 Å². The van der Waals surface area contributed by atoms with Crippen molar-refractivity contribution in [3.8, 4) is 0 Å². The molecule has 162 valence electrons. The number of carbonyl (C=O) groups excluding carboxylic acids is 1. The lowest BCUT2D eigenvalue weighted by Gasteiger charge is -2.18. The average Bonchev–Trinajstić information content (AvgIpc) is 3.27. The highest BCUT2D eigenvalue weighted by Gasteiger charge is 2.27. The monoisotopic (exact) mass is 424 g/mol. The number of likely N-dealkylation sites (tertiary alicyclic amines) is 1. The molecule has 0 radical (unpaired) electrons. The summed E-state index contributed by atoms with van der Waals surface area (Å²) in [5.74, 6) is 0.288. The first-order chi connectivity index (χ1) is 15.6. The molecule has 1 unspecified atom stereocenters. The van der Waals surface area contributed by atoms with E-state index in [2.05, 4.69) is 39.5 Å². The minimum Gasteiger partial charge on any atom is -0.350 e. The Balaban J connectivity index is 1.41. The van der Waals surface area contributed by atoms with Crippen molar-refractivity contribution in [1.29, 1.82) is 0 Å². The zero-order valence-electron chi connectivity index (χ0n) is 18.6. The van der Waals surface area contributed by atoms with Gasteiger partial charge in [0.1, 0.15) is 0 Å². The van der Waals surface area contributed by atoms with Gasteiger partial charge in [-0.15, -0.1) is 0 Å². The summed E-state index contributed by atoms with van der Waals surface area (Å²) in [5, 5.41) is 5.17. The van der Waals surface area contributed by atoms with Crippen molar-refractivity contribution in [2.45, 2.75) is 38.8 Å². The standard InChI is InChI=1S/C27H28N4O/c1-18(2)29-27(32)23-15-26(30-25-10-6-4-8-22(23)25)20-12-14-31(17-20)16-19-11-13-28-24-9-5-3-7-21(19)24/h3-11,13,15,18,20H,12,14,16-17H2,1-2H3,(H,29,32). The third-order valence-electron chi connectivity index (χ3n) is 6.22. The highest BCUT2D eigenvalue weighted by atomic mass is 16.1. The summed E-state index contributed by atoms with van der Waals surface area (Å²) in [7, 11) is 0. The number of hydrogen-bond donors (Lipinski definition) is 1. The van der Waals surface area contributed by atoms with Crippen LogP contribution < -0.4 is 5.32 Å². The molecule has 0 spiro atoms. The maximum atomic E-state index is 12.9. The van der Waals surface area contributed by atoms with Gasteiger partial charge in [0.2, 0.25) is 0 Å². The van der Waals surface area contributed by atoms with Gasteiger partial charge in [-0.1, -0.05) is 36.4 Å². The summed E-state index contributed by atoms with van der Waals surface area (Å²) in [5.41, 5.74) is 4.97. The highest BCUT2D eigenvalue weighted by molar-refractivity contribution is 6.06. The number of carbonyl (C=O) groups is 1. The Morgan fingerprint density at radius 3 is 2.62 bits per heavy atom. The van der Waals surface area contributed by atoms with E-state index < -0.39 is 0 Å². The number of pyridine rings is 2. The molecule has 0 aliphatic carbocycles. The Labute approximate surface area is 188 Å². The molecule has 1 atom stereocenters. The zero-order valence-corrected chi connectivity index (χ0v) is 18.6. The van der Waals surface area contributed by atoms with Crippen LogP contribution in [0, 0.1) is 0 Å². The largest absolute Gasteiger partial charge is 0.350 e. The van der Waals surface area contributed by atoms with Gasteiger partial charge in [0.25, 0.3) is 5.91 Å². The van der Waals surface area contributed by atoms with Gasteiger partial charge < -0.3 is 5.32 Å². The molecule has 0 saturated carbocycles. The summed E-state index contributed by atoms with van der Waals surface area (Å²) >= 11 is 0. The van der Waals surface area contributed by atoms with E-state index in [1.165, 1.54) is 10.9 Å². The van der Waals surface area contributed by atoms with Gasteiger partial charge in [0, 0.05) is 47.7 Å². The number of hydrogen-bond acceptors (Lipinski definition) is 4. The molecule has 5 nitrogen and oxygen atoms in total. The van der Waals surface area contributed by atoms with Gasteiger partial charge in [0.15, 0.2) is 0 Å². The van der Waals surface area contributed by atoms with Crippen molar-refractivity contribution in [3.63, 3.8) is 0 Å². The van der Waals surface area contributed by atoms with E-state index in [4.69, 9.17) is 4.98 Å². The normalized spacial score (nSPS) is 16.8. The van der Waals surface area contributed by atoms with Crippen molar-refractivity contribution in [2.75, 3.05) is 13.1 Å². The van der Waals surface area contributed by atoms with Gasteiger partial charge in [-0.2, -0.15) is 0 Å². The summed E-state index contributed by atoms with van der Waals surface area (Å²) in [4.78, 5) is 24.8. The van der Waals surface area contributed by atoms with E-state index in [1.54, 1.807) is 0 Å². The molecule has 1 amide bonds. The lowest BCUT2D eigenvalue weighted by Crippen LogP contribution is -2.30. The Hall–Kier alpha value is -3.31. The van der Waals surface area contributed by atoms with Crippen LogP contribution in [0.15, 0.2) is 66.9 Å². The first kappa shape index (κ1) is 20.6. The van der Waals surface area contributed by atoms with Crippen molar-refractivity contribution < 1.29 is 4.79 Å². The second kappa shape index (κ2) is 8.67. The van der Waals surface area contributed by atoms with Crippen LogP contribution in [0.25, 0.3) is 21.8 Å². The van der Waals surface area contributed by atoms with Crippen LogP contribution in [0.2, 0.25) is 0 Å². The summed E-state index contributed by atoms with van der Waals surface area (Å²) in [6, 6.07) is 20.5. The number of para-hydroxylation sites is 2. The molecule has 1 saturated heterocycles. The Bertz CT molecular complexity index is 1280. The molecule has 1 fully saturated rings. The molecule has 5 rings (SSSR count). The SMILES string of the molecule is CC(C)NC(=O)c1cc(C2CCN(Cc3ccnc4ccccc34)C2)nc2ccccc12. The third kappa shape index (κ3) is 4.08. The first-order valence-corrected chi connectivity index (χ1v) is 11.3. The van der Waals surface area contributed by atoms with E-state index in [0.717, 1.165) is 53.7 Å². The molecule has 4 aromatic rings. The Morgan fingerprint density at radius 2 is 1.81 bits per heavy atom. The minimum atomic E-state index is -0.0297. The molecule has 2 aromatic carbocycles. The lowest BCUT2D eigenvalue weighted by atomic mass is 9.99. The zero-order chi connectivity index (χ0) is 22.1. The molecule has 1 N–H and O–H groups in total. The Morgan fingerprint density at radius 1 is 1.06 bits per heavy atom. The number of nitrogens with zero attached hydrogens (tertiary/aromatic N) is 3. The molecular weight excluding hydrogens is 396 g/mol. The van der Waals surface area contributed by atoms with E-state index >= 15 is 0 Å². The maximum absolute atomic E-state index is 12.9. The number of amides is 1. The number of benzene rings is 2. The molecule has 2 aromatic heterocycles. The average molecular weight is 425 g/mol. The molecular formula is C27H28N4O. The van der Waals surface area contributed by atoms with Gasteiger partial charge in [-0.25, -0.2) is 0 Å². The lowest BCUT2D eigenvalue weighted by molar-refractivity contribution is 0.0944. The Kier molecular flexibility index (Phi) is 5.58. The van der Waals surface area contributed by atoms with Crippen molar-refractivity contribution in [2.24, 2.45) is 0 Å². The van der Waals surface area contributed by atoms with Crippen molar-refractivity contribution >= 4 is 27.7 Å². The van der Waals surface area contributed by atoms with Crippen LogP contribution in [-0.4, -0.2) is 39.9 Å². The quantitative estimate of drug-likeness (QED) is 0.495. The molecule has 5 heteroatoms. The van der Waals surface area contributed by atoms with Crippen LogP contribution in [0.3, 0.4) is 0 Å². The van der Waals surface area contributed by atoms with Crippen LogP contribution in [-0.2, 0) is 6.54 Å². The summed E-state index contributed by atoms with van der Waals surface area (Å²) < 4.78 is 0. The fourth-order valence-electron chi connectivity index (χ4n) is 4.68. The van der Waals surface area contributed by atoms with E-state index in [0.29, 0.717) is 5.92 Å². The second-order valence-corrected chi connectivity index (χ2v) is 8.95. The van der Waals surface area contributed by atoms with Gasteiger partial charge in [-0.05, 0) is 56.6 Å². The van der Waals surface area contributed by atoms with Gasteiger partial charge in [0.05, 0.1) is 16.6 Å². The van der Waals surface area contributed by atoms with Gasteiger partial charge >= 0.3 is 0 Å². The molecule has 3 heterocycles. The summed E-state index contributed by atoms with van der Waals surface area (Å²) in [6.07, 6.45) is 2.94. The number of nitrogens with one attached hydrogen (secondary N) is 1. The fourth-order valence-corrected chi connectivity index (χ4v) is 4.68. The van der Waals surface area contributed by atoms with Crippen molar-refractivity contribution in [3.05, 3.63) is 83.7 Å². The van der Waals surface area contributed by atoms with Gasteiger partial charge in [-0.3, -0.25) is 19.7 Å². The van der Waals surface area contributed by atoms with Crippen LogP contribution in [0.5, 0.6) is 0 Å². The smallest absolute Gasteiger partial charge is 0.252 e. The van der Waals surface area contributed by atoms with E-state index in [1.807, 2.05) is 56.4 Å². The van der Waals surface area contributed by atoms with Crippen LogP contribution in [0.1, 0.15) is 47.8 Å².